The standard InChI is InChI=1S/C14H15N7S/c1-8-9(2)22-14-19-12(10-5-3-4-6-17-10)11(21(8)14)7-18-20-13(15)16/h3-7H,1-2H3,(H4,15,16,20)/b18-7+. The predicted octanol–water partition coefficient (Wildman–Crippen LogP) is 1.68. The van der Waals surface area contributed by atoms with Gasteiger partial charge in [-0.05, 0) is 26.0 Å². The van der Waals surface area contributed by atoms with E-state index in [2.05, 4.69) is 27.1 Å². The van der Waals surface area contributed by atoms with E-state index in [0.29, 0.717) is 0 Å². The molecule has 112 valence electrons. The van der Waals surface area contributed by atoms with Crippen molar-refractivity contribution in [3.05, 3.63) is 40.7 Å². The summed E-state index contributed by atoms with van der Waals surface area (Å²) in [6, 6.07) is 5.70. The van der Waals surface area contributed by atoms with Crippen molar-refractivity contribution in [3.63, 3.8) is 0 Å². The number of fused-ring (bicyclic) bond motifs is 1. The van der Waals surface area contributed by atoms with E-state index >= 15 is 0 Å². The molecule has 8 heteroatoms. The van der Waals surface area contributed by atoms with Crippen molar-refractivity contribution in [2.24, 2.45) is 21.7 Å². The number of pyridine rings is 1. The lowest BCUT2D eigenvalue weighted by Crippen LogP contribution is -2.21. The van der Waals surface area contributed by atoms with Crippen LogP contribution in [0.3, 0.4) is 0 Å². The number of aryl methyl sites for hydroxylation is 2. The number of thiazole rings is 1. The lowest BCUT2D eigenvalue weighted by Gasteiger charge is -2.00. The van der Waals surface area contributed by atoms with Crippen LogP contribution in [0.2, 0.25) is 0 Å². The zero-order valence-corrected chi connectivity index (χ0v) is 13.0. The highest BCUT2D eigenvalue weighted by atomic mass is 32.1. The highest BCUT2D eigenvalue weighted by molar-refractivity contribution is 7.17. The molecular formula is C14H15N7S. The van der Waals surface area contributed by atoms with Crippen LogP contribution < -0.4 is 11.5 Å². The summed E-state index contributed by atoms with van der Waals surface area (Å²) >= 11 is 1.63. The number of nitrogens with two attached hydrogens (primary N) is 2. The molecule has 0 radical (unpaired) electrons. The number of hydrogen-bond acceptors (Lipinski definition) is 5. The summed E-state index contributed by atoms with van der Waals surface area (Å²) in [5, 5.41) is 7.59. The fourth-order valence-electron chi connectivity index (χ4n) is 2.13. The molecule has 3 aromatic heterocycles. The summed E-state index contributed by atoms with van der Waals surface area (Å²) in [4.78, 5) is 11.1. The quantitative estimate of drug-likeness (QED) is 0.436. The Balaban J connectivity index is 2.24. The second kappa shape index (κ2) is 5.57. The molecule has 0 saturated carbocycles. The Morgan fingerprint density at radius 2 is 2.14 bits per heavy atom. The molecule has 0 spiro atoms. The average Bonchev–Trinajstić information content (AvgIpc) is 2.98. The van der Waals surface area contributed by atoms with Crippen LogP contribution in [0.15, 0.2) is 34.6 Å². The molecule has 3 rings (SSSR count). The molecule has 0 atom stereocenters. The summed E-state index contributed by atoms with van der Waals surface area (Å²) in [5.74, 6) is -0.0883. The van der Waals surface area contributed by atoms with Gasteiger partial charge in [-0.2, -0.15) is 5.10 Å². The summed E-state index contributed by atoms with van der Waals surface area (Å²) in [7, 11) is 0. The third kappa shape index (κ3) is 2.44. The molecule has 0 saturated heterocycles. The first-order valence-corrected chi connectivity index (χ1v) is 7.41. The number of nitrogens with zero attached hydrogens (tertiary/aromatic N) is 5. The van der Waals surface area contributed by atoms with Gasteiger partial charge in [-0.25, -0.2) is 4.98 Å². The SMILES string of the molecule is Cc1sc2nc(-c3ccccn3)c(/C=N/N=C(N)N)n2c1C. The van der Waals surface area contributed by atoms with Crippen LogP contribution in [0.4, 0.5) is 0 Å². The summed E-state index contributed by atoms with van der Waals surface area (Å²) < 4.78 is 2.04. The largest absolute Gasteiger partial charge is 0.369 e. The summed E-state index contributed by atoms with van der Waals surface area (Å²) in [6.07, 6.45) is 3.33. The van der Waals surface area contributed by atoms with Crippen molar-refractivity contribution < 1.29 is 0 Å². The molecule has 0 aliphatic rings. The predicted molar refractivity (Wildman–Crippen MR) is 89.2 cm³/mol. The molecule has 4 N–H and O–H groups in total. The molecule has 0 aliphatic heterocycles. The monoisotopic (exact) mass is 313 g/mol. The maximum atomic E-state index is 5.31. The molecule has 0 amide bonds. The van der Waals surface area contributed by atoms with Gasteiger partial charge >= 0.3 is 0 Å². The van der Waals surface area contributed by atoms with E-state index in [9.17, 15) is 0 Å². The van der Waals surface area contributed by atoms with Gasteiger partial charge in [-0.15, -0.1) is 16.4 Å². The van der Waals surface area contributed by atoms with Crippen LogP contribution in [0, 0.1) is 13.8 Å². The Hall–Kier alpha value is -2.74. The Bertz CT molecular complexity index is 870. The van der Waals surface area contributed by atoms with Gasteiger partial charge in [0, 0.05) is 16.8 Å². The molecule has 0 aromatic carbocycles. The van der Waals surface area contributed by atoms with Gasteiger partial charge in [0.2, 0.25) is 5.96 Å². The molecule has 0 bridgehead atoms. The Morgan fingerprint density at radius 3 is 2.82 bits per heavy atom. The van der Waals surface area contributed by atoms with E-state index in [-0.39, 0.29) is 5.96 Å². The first kappa shape index (κ1) is 14.2. The van der Waals surface area contributed by atoms with Crippen LogP contribution in [0.25, 0.3) is 16.3 Å². The van der Waals surface area contributed by atoms with Gasteiger partial charge in [-0.3, -0.25) is 9.38 Å². The van der Waals surface area contributed by atoms with Crippen molar-refractivity contribution in [1.82, 2.24) is 14.4 Å². The van der Waals surface area contributed by atoms with Gasteiger partial charge in [-0.1, -0.05) is 6.07 Å². The minimum atomic E-state index is -0.0883. The van der Waals surface area contributed by atoms with E-state index in [1.807, 2.05) is 29.5 Å². The molecular weight excluding hydrogens is 298 g/mol. The zero-order chi connectivity index (χ0) is 15.7. The third-order valence-electron chi connectivity index (χ3n) is 3.23. The lowest BCUT2D eigenvalue weighted by molar-refractivity contribution is 1.09. The number of aromatic nitrogens is 3. The second-order valence-corrected chi connectivity index (χ2v) is 5.87. The maximum absolute atomic E-state index is 5.31. The van der Waals surface area contributed by atoms with Crippen molar-refractivity contribution >= 4 is 28.5 Å². The second-order valence-electron chi connectivity index (χ2n) is 4.69. The summed E-state index contributed by atoms with van der Waals surface area (Å²) in [5.41, 5.74) is 14.1. The van der Waals surface area contributed by atoms with E-state index in [4.69, 9.17) is 11.5 Å². The van der Waals surface area contributed by atoms with Crippen LogP contribution in [-0.2, 0) is 0 Å². The molecule has 0 aliphatic carbocycles. The van der Waals surface area contributed by atoms with Gasteiger partial charge in [0.25, 0.3) is 0 Å². The van der Waals surface area contributed by atoms with Crippen molar-refractivity contribution in [2.45, 2.75) is 13.8 Å². The Morgan fingerprint density at radius 1 is 1.32 bits per heavy atom. The van der Waals surface area contributed by atoms with Gasteiger partial charge in [0.05, 0.1) is 17.6 Å². The number of hydrogen-bond donors (Lipinski definition) is 2. The van der Waals surface area contributed by atoms with Crippen LogP contribution in [-0.4, -0.2) is 26.5 Å². The number of rotatable bonds is 3. The molecule has 0 fully saturated rings. The van der Waals surface area contributed by atoms with Crippen molar-refractivity contribution in [1.29, 1.82) is 0 Å². The minimum absolute atomic E-state index is 0.0883. The zero-order valence-electron chi connectivity index (χ0n) is 12.2. The van der Waals surface area contributed by atoms with Crippen LogP contribution in [0.5, 0.6) is 0 Å². The number of guanidine groups is 1. The first-order valence-electron chi connectivity index (χ1n) is 6.59. The normalized spacial score (nSPS) is 11.4. The van der Waals surface area contributed by atoms with Gasteiger partial charge < -0.3 is 11.5 Å². The highest BCUT2D eigenvalue weighted by Gasteiger charge is 2.17. The molecule has 3 aromatic rings. The lowest BCUT2D eigenvalue weighted by atomic mass is 10.2. The molecule has 0 unspecified atom stereocenters. The van der Waals surface area contributed by atoms with Crippen molar-refractivity contribution in [3.8, 4) is 11.4 Å². The third-order valence-corrected chi connectivity index (χ3v) is 4.29. The summed E-state index contributed by atoms with van der Waals surface area (Å²) in [6.45, 7) is 4.10. The fourth-order valence-corrected chi connectivity index (χ4v) is 3.11. The first-order chi connectivity index (χ1) is 10.6. The van der Waals surface area contributed by atoms with Crippen LogP contribution in [0.1, 0.15) is 16.3 Å². The highest BCUT2D eigenvalue weighted by Crippen LogP contribution is 2.28. The minimum Gasteiger partial charge on any atom is -0.369 e. The van der Waals surface area contributed by atoms with Crippen LogP contribution >= 0.6 is 11.3 Å². The van der Waals surface area contributed by atoms with E-state index in [1.54, 1.807) is 23.7 Å². The van der Waals surface area contributed by atoms with E-state index < -0.39 is 0 Å². The van der Waals surface area contributed by atoms with E-state index in [1.165, 1.54) is 4.88 Å². The average molecular weight is 313 g/mol. The topological polar surface area (TPSA) is 107 Å². The van der Waals surface area contributed by atoms with E-state index in [0.717, 1.165) is 27.7 Å². The van der Waals surface area contributed by atoms with Gasteiger partial charge in [0.1, 0.15) is 5.69 Å². The molecule has 22 heavy (non-hydrogen) atoms. The number of imidazole rings is 1. The van der Waals surface area contributed by atoms with Crippen molar-refractivity contribution in [2.75, 3.05) is 0 Å². The molecule has 3 heterocycles. The maximum Gasteiger partial charge on any atom is 0.211 e. The van der Waals surface area contributed by atoms with Gasteiger partial charge in [0.15, 0.2) is 4.96 Å². The smallest absolute Gasteiger partial charge is 0.211 e. The fraction of sp³-hybridized carbons (Fsp3) is 0.143. The Kier molecular flexibility index (Phi) is 3.60. The molecule has 7 nitrogen and oxygen atoms in total. The Labute approximate surface area is 131 Å².